The van der Waals surface area contributed by atoms with E-state index >= 15 is 0 Å². The third-order valence-electron chi connectivity index (χ3n) is 5.17. The first-order valence-corrected chi connectivity index (χ1v) is 9.24. The first-order chi connectivity index (χ1) is 12.1. The molecule has 1 aliphatic heterocycles. The van der Waals surface area contributed by atoms with Gasteiger partial charge in [-0.15, -0.1) is 0 Å². The summed E-state index contributed by atoms with van der Waals surface area (Å²) in [5, 5.41) is 7.51. The summed E-state index contributed by atoms with van der Waals surface area (Å²) in [5.41, 5.74) is 2.43. The SMILES string of the molecule is CC1CCCCN1CCCNC(=O)c1cc(-c2cccn2C)nn1C. The third-order valence-corrected chi connectivity index (χ3v) is 5.17. The Kier molecular flexibility index (Phi) is 5.58. The molecule has 25 heavy (non-hydrogen) atoms. The standard InChI is InChI=1S/C19H29N5O/c1-15-8-4-5-12-24(15)13-7-10-20-19(25)18-14-16(21-23(18)3)17-9-6-11-22(17)2/h6,9,11,14-15H,4-5,7-8,10,12-13H2,1-3H3,(H,20,25). The van der Waals surface area contributed by atoms with Gasteiger partial charge in [0.2, 0.25) is 0 Å². The van der Waals surface area contributed by atoms with Crippen molar-refractivity contribution in [2.45, 2.75) is 38.6 Å². The Morgan fingerprint density at radius 1 is 1.36 bits per heavy atom. The summed E-state index contributed by atoms with van der Waals surface area (Å²) < 4.78 is 3.66. The molecule has 1 unspecified atom stereocenters. The number of rotatable bonds is 6. The van der Waals surface area contributed by atoms with E-state index in [4.69, 9.17) is 0 Å². The van der Waals surface area contributed by atoms with Crippen molar-refractivity contribution in [3.8, 4) is 11.4 Å². The molecule has 6 nitrogen and oxygen atoms in total. The van der Waals surface area contributed by atoms with Crippen LogP contribution in [0.3, 0.4) is 0 Å². The Hall–Kier alpha value is -2.08. The van der Waals surface area contributed by atoms with Gasteiger partial charge in [0.1, 0.15) is 11.4 Å². The van der Waals surface area contributed by atoms with Crippen LogP contribution in [-0.4, -0.2) is 50.8 Å². The number of carbonyl (C=O) groups excluding carboxylic acids is 1. The fourth-order valence-corrected chi connectivity index (χ4v) is 3.60. The van der Waals surface area contributed by atoms with Gasteiger partial charge in [0.15, 0.2) is 0 Å². The summed E-state index contributed by atoms with van der Waals surface area (Å²) in [6, 6.07) is 6.52. The Balaban J connectivity index is 1.52. The predicted molar refractivity (Wildman–Crippen MR) is 99.5 cm³/mol. The molecule has 0 radical (unpaired) electrons. The zero-order valence-electron chi connectivity index (χ0n) is 15.5. The quantitative estimate of drug-likeness (QED) is 0.820. The molecule has 1 N–H and O–H groups in total. The number of likely N-dealkylation sites (tertiary alicyclic amines) is 1. The molecule has 1 amide bonds. The molecule has 0 spiro atoms. The number of piperidine rings is 1. The number of hydrogen-bond donors (Lipinski definition) is 1. The van der Waals surface area contributed by atoms with E-state index in [2.05, 4.69) is 22.2 Å². The molecule has 1 aliphatic rings. The summed E-state index contributed by atoms with van der Waals surface area (Å²) >= 11 is 0. The minimum atomic E-state index is -0.0536. The van der Waals surface area contributed by atoms with Gasteiger partial charge in [0.05, 0.1) is 5.69 Å². The van der Waals surface area contributed by atoms with Crippen LogP contribution in [0, 0.1) is 0 Å². The maximum atomic E-state index is 12.5. The van der Waals surface area contributed by atoms with Crippen molar-refractivity contribution in [1.82, 2.24) is 24.6 Å². The lowest BCUT2D eigenvalue weighted by atomic mass is 10.0. The highest BCUT2D eigenvalue weighted by atomic mass is 16.2. The number of hydrogen-bond acceptors (Lipinski definition) is 3. The van der Waals surface area contributed by atoms with E-state index in [0.29, 0.717) is 18.3 Å². The second-order valence-corrected chi connectivity index (χ2v) is 7.03. The lowest BCUT2D eigenvalue weighted by Gasteiger charge is -2.33. The van der Waals surface area contributed by atoms with Gasteiger partial charge in [0, 0.05) is 39.4 Å². The van der Waals surface area contributed by atoms with Crippen LogP contribution < -0.4 is 5.32 Å². The molecule has 136 valence electrons. The number of nitrogens with one attached hydrogen (secondary N) is 1. The van der Waals surface area contributed by atoms with Crippen LogP contribution in [0.5, 0.6) is 0 Å². The fraction of sp³-hybridized carbons (Fsp3) is 0.579. The van der Waals surface area contributed by atoms with Crippen molar-refractivity contribution in [1.29, 1.82) is 0 Å². The molecule has 1 atom stereocenters. The second-order valence-electron chi connectivity index (χ2n) is 7.03. The zero-order chi connectivity index (χ0) is 17.8. The highest BCUT2D eigenvalue weighted by Crippen LogP contribution is 2.19. The van der Waals surface area contributed by atoms with E-state index < -0.39 is 0 Å². The third kappa shape index (κ3) is 4.12. The Morgan fingerprint density at radius 3 is 2.92 bits per heavy atom. The van der Waals surface area contributed by atoms with E-state index in [-0.39, 0.29) is 5.91 Å². The van der Waals surface area contributed by atoms with Crippen LogP contribution in [0.15, 0.2) is 24.4 Å². The van der Waals surface area contributed by atoms with E-state index in [1.165, 1.54) is 25.8 Å². The van der Waals surface area contributed by atoms with Gasteiger partial charge < -0.3 is 14.8 Å². The second kappa shape index (κ2) is 7.87. The van der Waals surface area contributed by atoms with Crippen molar-refractivity contribution < 1.29 is 4.79 Å². The normalized spacial score (nSPS) is 18.4. The Bertz CT molecular complexity index is 717. The zero-order valence-corrected chi connectivity index (χ0v) is 15.5. The number of amides is 1. The maximum absolute atomic E-state index is 12.5. The molecular formula is C19H29N5O. The largest absolute Gasteiger partial charge is 0.351 e. The molecule has 0 aromatic carbocycles. The Labute approximate surface area is 149 Å². The monoisotopic (exact) mass is 343 g/mol. The van der Waals surface area contributed by atoms with Crippen LogP contribution >= 0.6 is 0 Å². The van der Waals surface area contributed by atoms with E-state index in [1.54, 1.807) is 4.68 Å². The number of aromatic nitrogens is 3. The molecule has 3 heterocycles. The van der Waals surface area contributed by atoms with Crippen molar-refractivity contribution in [3.05, 3.63) is 30.1 Å². The summed E-state index contributed by atoms with van der Waals surface area (Å²) in [6.07, 6.45) is 6.90. The molecule has 1 fully saturated rings. The van der Waals surface area contributed by atoms with Crippen molar-refractivity contribution in [2.75, 3.05) is 19.6 Å². The highest BCUT2D eigenvalue weighted by Gasteiger charge is 2.18. The number of carbonyl (C=O) groups is 1. The van der Waals surface area contributed by atoms with Gasteiger partial charge in [-0.1, -0.05) is 6.42 Å². The minimum absolute atomic E-state index is 0.0536. The number of nitrogens with zero attached hydrogens (tertiary/aromatic N) is 4. The van der Waals surface area contributed by atoms with Crippen LogP contribution in [-0.2, 0) is 14.1 Å². The lowest BCUT2D eigenvalue weighted by Crippen LogP contribution is -2.39. The first kappa shape index (κ1) is 17.7. The average Bonchev–Trinajstić information content (AvgIpc) is 3.18. The highest BCUT2D eigenvalue weighted by molar-refractivity contribution is 5.93. The van der Waals surface area contributed by atoms with Crippen LogP contribution in [0.4, 0.5) is 0 Å². The van der Waals surface area contributed by atoms with Crippen molar-refractivity contribution >= 4 is 5.91 Å². The molecule has 1 saturated heterocycles. The molecule has 3 rings (SSSR count). The number of aryl methyl sites for hydroxylation is 2. The summed E-state index contributed by atoms with van der Waals surface area (Å²) in [6.45, 7) is 5.25. The van der Waals surface area contributed by atoms with Gasteiger partial charge in [-0.3, -0.25) is 9.48 Å². The van der Waals surface area contributed by atoms with Crippen LogP contribution in [0.25, 0.3) is 11.4 Å². The predicted octanol–water partition coefficient (Wildman–Crippen LogP) is 2.42. The molecule has 0 saturated carbocycles. The maximum Gasteiger partial charge on any atom is 0.269 e. The summed E-state index contributed by atoms with van der Waals surface area (Å²) in [7, 11) is 3.79. The van der Waals surface area contributed by atoms with Gasteiger partial charge in [-0.2, -0.15) is 5.10 Å². The van der Waals surface area contributed by atoms with E-state index in [9.17, 15) is 4.79 Å². The first-order valence-electron chi connectivity index (χ1n) is 9.24. The van der Waals surface area contributed by atoms with E-state index in [1.807, 2.05) is 43.1 Å². The average molecular weight is 343 g/mol. The van der Waals surface area contributed by atoms with Gasteiger partial charge in [-0.25, -0.2) is 0 Å². The van der Waals surface area contributed by atoms with Gasteiger partial charge in [0.25, 0.3) is 5.91 Å². The smallest absolute Gasteiger partial charge is 0.269 e. The summed E-state index contributed by atoms with van der Waals surface area (Å²) in [4.78, 5) is 15.0. The molecule has 2 aromatic rings. The molecule has 0 aliphatic carbocycles. The lowest BCUT2D eigenvalue weighted by molar-refractivity contribution is 0.0939. The molecule has 2 aromatic heterocycles. The summed E-state index contributed by atoms with van der Waals surface area (Å²) in [5.74, 6) is -0.0536. The minimum Gasteiger partial charge on any atom is -0.351 e. The van der Waals surface area contributed by atoms with E-state index in [0.717, 1.165) is 24.4 Å². The van der Waals surface area contributed by atoms with Gasteiger partial charge in [-0.05, 0) is 50.9 Å². The molecule has 0 bridgehead atoms. The molecular weight excluding hydrogens is 314 g/mol. The topological polar surface area (TPSA) is 55.1 Å². The molecule has 6 heteroatoms. The van der Waals surface area contributed by atoms with Gasteiger partial charge >= 0.3 is 0 Å². The Morgan fingerprint density at radius 2 is 2.20 bits per heavy atom. The van der Waals surface area contributed by atoms with Crippen LogP contribution in [0.2, 0.25) is 0 Å². The van der Waals surface area contributed by atoms with Crippen LogP contribution in [0.1, 0.15) is 43.1 Å². The van der Waals surface area contributed by atoms with Crippen molar-refractivity contribution in [3.63, 3.8) is 0 Å². The van der Waals surface area contributed by atoms with Crippen molar-refractivity contribution in [2.24, 2.45) is 14.1 Å². The fourth-order valence-electron chi connectivity index (χ4n) is 3.60.